The SMILES string of the molecule is COc1cc(CO)ccc1Nc1nc(Cl)cc2ccncc12. The van der Waals surface area contributed by atoms with Crippen LogP contribution in [-0.4, -0.2) is 22.2 Å². The first-order chi connectivity index (χ1) is 10.7. The van der Waals surface area contributed by atoms with E-state index in [2.05, 4.69) is 15.3 Å². The molecule has 0 fully saturated rings. The number of hydrogen-bond acceptors (Lipinski definition) is 5. The summed E-state index contributed by atoms with van der Waals surface area (Å²) < 4.78 is 5.35. The highest BCUT2D eigenvalue weighted by Crippen LogP contribution is 2.32. The summed E-state index contributed by atoms with van der Waals surface area (Å²) in [6, 6.07) is 9.08. The molecule has 0 radical (unpaired) electrons. The van der Waals surface area contributed by atoms with Gasteiger partial charge in [-0.25, -0.2) is 4.98 Å². The van der Waals surface area contributed by atoms with Crippen molar-refractivity contribution in [3.63, 3.8) is 0 Å². The topological polar surface area (TPSA) is 67.3 Å². The van der Waals surface area contributed by atoms with E-state index in [1.54, 1.807) is 31.6 Å². The maximum atomic E-state index is 9.20. The number of benzene rings is 1. The molecular formula is C16H14ClN3O2. The fraction of sp³-hybridized carbons (Fsp3) is 0.125. The van der Waals surface area contributed by atoms with Crippen LogP contribution in [0, 0.1) is 0 Å². The standard InChI is InChI=1S/C16H14ClN3O2/c1-22-14-6-10(9-21)2-3-13(14)19-16-12-8-18-5-4-11(12)7-15(17)20-16/h2-8,21H,9H2,1H3,(H,19,20). The van der Waals surface area contributed by atoms with Crippen molar-refractivity contribution in [3.05, 3.63) is 53.4 Å². The minimum Gasteiger partial charge on any atom is -0.495 e. The predicted octanol–water partition coefficient (Wildman–Crippen LogP) is 3.53. The number of nitrogens with one attached hydrogen (secondary N) is 1. The second-order valence-electron chi connectivity index (χ2n) is 4.71. The van der Waals surface area contributed by atoms with Crippen LogP contribution in [0.3, 0.4) is 0 Å². The molecule has 0 amide bonds. The van der Waals surface area contributed by atoms with Crippen LogP contribution in [-0.2, 0) is 6.61 Å². The molecule has 5 nitrogen and oxygen atoms in total. The monoisotopic (exact) mass is 315 g/mol. The fourth-order valence-corrected chi connectivity index (χ4v) is 2.42. The van der Waals surface area contributed by atoms with Crippen molar-refractivity contribution in [1.82, 2.24) is 9.97 Å². The molecule has 112 valence electrons. The Morgan fingerprint density at radius 3 is 2.91 bits per heavy atom. The summed E-state index contributed by atoms with van der Waals surface area (Å²) in [5, 5.41) is 14.6. The van der Waals surface area contributed by atoms with Gasteiger partial charge in [0.25, 0.3) is 0 Å². The van der Waals surface area contributed by atoms with Gasteiger partial charge < -0.3 is 15.2 Å². The quantitative estimate of drug-likeness (QED) is 0.721. The number of pyridine rings is 2. The number of aliphatic hydroxyl groups excluding tert-OH is 1. The Balaban J connectivity index is 2.07. The second kappa shape index (κ2) is 6.17. The van der Waals surface area contributed by atoms with Gasteiger partial charge in [0.05, 0.1) is 19.4 Å². The fourth-order valence-electron chi connectivity index (χ4n) is 2.22. The number of aliphatic hydroxyl groups is 1. The molecule has 0 unspecified atom stereocenters. The molecule has 0 spiro atoms. The minimum atomic E-state index is -0.0428. The van der Waals surface area contributed by atoms with Gasteiger partial charge in [0.1, 0.15) is 16.7 Å². The van der Waals surface area contributed by atoms with Gasteiger partial charge in [0.15, 0.2) is 0 Å². The Hall–Kier alpha value is -2.37. The number of anilines is 2. The summed E-state index contributed by atoms with van der Waals surface area (Å²) in [6.45, 7) is -0.0428. The van der Waals surface area contributed by atoms with Crippen molar-refractivity contribution in [1.29, 1.82) is 0 Å². The van der Waals surface area contributed by atoms with Crippen LogP contribution in [0.25, 0.3) is 10.8 Å². The summed E-state index contributed by atoms with van der Waals surface area (Å²) in [4.78, 5) is 8.45. The van der Waals surface area contributed by atoms with Crippen LogP contribution < -0.4 is 10.1 Å². The van der Waals surface area contributed by atoms with Crippen LogP contribution in [0.4, 0.5) is 11.5 Å². The van der Waals surface area contributed by atoms with Crippen molar-refractivity contribution in [3.8, 4) is 5.75 Å². The lowest BCUT2D eigenvalue weighted by Crippen LogP contribution is -1.99. The van der Waals surface area contributed by atoms with Gasteiger partial charge in [-0.15, -0.1) is 0 Å². The van der Waals surface area contributed by atoms with Gasteiger partial charge in [0.2, 0.25) is 0 Å². The van der Waals surface area contributed by atoms with E-state index >= 15 is 0 Å². The van der Waals surface area contributed by atoms with Gasteiger partial charge in [-0.1, -0.05) is 17.7 Å². The molecule has 2 N–H and O–H groups in total. The Kier molecular flexibility index (Phi) is 4.09. The molecule has 0 atom stereocenters. The molecule has 0 bridgehead atoms. The van der Waals surface area contributed by atoms with Crippen LogP contribution in [0.5, 0.6) is 5.75 Å². The molecule has 0 saturated carbocycles. The van der Waals surface area contributed by atoms with Crippen molar-refractivity contribution in [2.45, 2.75) is 6.61 Å². The molecule has 22 heavy (non-hydrogen) atoms. The maximum absolute atomic E-state index is 9.20. The molecule has 0 saturated heterocycles. The molecule has 0 aliphatic carbocycles. The summed E-state index contributed by atoms with van der Waals surface area (Å²) in [6.07, 6.45) is 3.44. The van der Waals surface area contributed by atoms with Crippen LogP contribution >= 0.6 is 11.6 Å². The Labute approximate surface area is 132 Å². The number of halogens is 1. The molecule has 3 rings (SSSR count). The lowest BCUT2D eigenvalue weighted by atomic mass is 10.2. The van der Waals surface area contributed by atoms with Crippen molar-refractivity contribution in [2.75, 3.05) is 12.4 Å². The summed E-state index contributed by atoms with van der Waals surface area (Å²) >= 11 is 6.08. The Morgan fingerprint density at radius 1 is 1.27 bits per heavy atom. The maximum Gasteiger partial charge on any atom is 0.142 e. The molecule has 3 aromatic rings. The van der Waals surface area contributed by atoms with E-state index in [4.69, 9.17) is 16.3 Å². The average Bonchev–Trinajstić information content (AvgIpc) is 2.55. The van der Waals surface area contributed by atoms with Gasteiger partial charge in [-0.3, -0.25) is 4.98 Å². The minimum absolute atomic E-state index is 0.0428. The smallest absolute Gasteiger partial charge is 0.142 e. The van der Waals surface area contributed by atoms with Crippen molar-refractivity contribution in [2.24, 2.45) is 0 Å². The zero-order valence-corrected chi connectivity index (χ0v) is 12.6. The Morgan fingerprint density at radius 2 is 2.14 bits per heavy atom. The van der Waals surface area contributed by atoms with E-state index in [-0.39, 0.29) is 6.61 Å². The first-order valence-electron chi connectivity index (χ1n) is 6.66. The number of aromatic nitrogens is 2. The van der Waals surface area contributed by atoms with E-state index in [0.29, 0.717) is 16.7 Å². The number of methoxy groups -OCH3 is 1. The summed E-state index contributed by atoms with van der Waals surface area (Å²) in [7, 11) is 1.58. The highest BCUT2D eigenvalue weighted by atomic mass is 35.5. The van der Waals surface area contributed by atoms with Gasteiger partial charge >= 0.3 is 0 Å². The number of fused-ring (bicyclic) bond motifs is 1. The number of hydrogen-bond donors (Lipinski definition) is 2. The van der Waals surface area contributed by atoms with E-state index in [9.17, 15) is 5.11 Å². The van der Waals surface area contributed by atoms with E-state index in [0.717, 1.165) is 22.0 Å². The van der Waals surface area contributed by atoms with E-state index in [1.165, 1.54) is 0 Å². The average molecular weight is 316 g/mol. The molecule has 1 aromatic carbocycles. The summed E-state index contributed by atoms with van der Waals surface area (Å²) in [5.41, 5.74) is 1.51. The lowest BCUT2D eigenvalue weighted by molar-refractivity contribution is 0.281. The molecule has 2 heterocycles. The largest absolute Gasteiger partial charge is 0.495 e. The third-order valence-electron chi connectivity index (χ3n) is 3.30. The predicted molar refractivity (Wildman–Crippen MR) is 86.7 cm³/mol. The van der Waals surface area contributed by atoms with Gasteiger partial charge in [0, 0.05) is 17.8 Å². The normalized spacial score (nSPS) is 10.7. The Bertz CT molecular complexity index is 824. The number of rotatable bonds is 4. The number of ether oxygens (including phenoxy) is 1. The van der Waals surface area contributed by atoms with Crippen LogP contribution in [0.1, 0.15) is 5.56 Å². The van der Waals surface area contributed by atoms with Crippen LogP contribution in [0.2, 0.25) is 5.15 Å². The van der Waals surface area contributed by atoms with Crippen LogP contribution in [0.15, 0.2) is 42.7 Å². The number of nitrogens with zero attached hydrogens (tertiary/aromatic N) is 2. The van der Waals surface area contributed by atoms with Crippen molar-refractivity contribution >= 4 is 33.9 Å². The summed E-state index contributed by atoms with van der Waals surface area (Å²) in [5.74, 6) is 1.22. The van der Waals surface area contributed by atoms with Gasteiger partial charge in [-0.05, 0) is 35.2 Å². The second-order valence-corrected chi connectivity index (χ2v) is 5.10. The van der Waals surface area contributed by atoms with E-state index < -0.39 is 0 Å². The third-order valence-corrected chi connectivity index (χ3v) is 3.50. The first kappa shape index (κ1) is 14.6. The highest BCUT2D eigenvalue weighted by molar-refractivity contribution is 6.30. The van der Waals surface area contributed by atoms with Gasteiger partial charge in [-0.2, -0.15) is 0 Å². The molecule has 0 aliphatic rings. The third kappa shape index (κ3) is 2.81. The zero-order valence-electron chi connectivity index (χ0n) is 11.9. The zero-order chi connectivity index (χ0) is 15.5. The van der Waals surface area contributed by atoms with E-state index in [1.807, 2.05) is 18.2 Å². The molecular weight excluding hydrogens is 302 g/mol. The molecule has 0 aliphatic heterocycles. The van der Waals surface area contributed by atoms with Crippen molar-refractivity contribution < 1.29 is 9.84 Å². The lowest BCUT2D eigenvalue weighted by Gasteiger charge is -2.13. The molecule has 6 heteroatoms. The highest BCUT2D eigenvalue weighted by Gasteiger charge is 2.09. The molecule has 2 aromatic heterocycles. The first-order valence-corrected chi connectivity index (χ1v) is 7.04.